The molecule has 2 aromatic carbocycles. The minimum absolute atomic E-state index is 0.0403. The lowest BCUT2D eigenvalue weighted by Crippen LogP contribution is -2.49. The second-order valence-corrected chi connectivity index (χ2v) is 7.82. The van der Waals surface area contributed by atoms with Gasteiger partial charge in [-0.3, -0.25) is 9.59 Å². The lowest BCUT2D eigenvalue weighted by Gasteiger charge is -2.36. The highest BCUT2D eigenvalue weighted by atomic mass is 19.1. The van der Waals surface area contributed by atoms with E-state index in [1.54, 1.807) is 23.1 Å². The zero-order chi connectivity index (χ0) is 21.1. The molecule has 30 heavy (non-hydrogen) atoms. The molecular formula is C23H25FN4O2. The molecule has 1 N–H and O–H groups in total. The van der Waals surface area contributed by atoms with Crippen LogP contribution < -0.4 is 10.3 Å². The number of amides is 2. The Labute approximate surface area is 175 Å². The molecule has 0 aromatic heterocycles. The summed E-state index contributed by atoms with van der Waals surface area (Å²) in [5.74, 6) is -0.332. The largest absolute Gasteiger partial charge is 0.368 e. The maximum absolute atomic E-state index is 13.8. The molecule has 2 aromatic rings. The van der Waals surface area contributed by atoms with E-state index < -0.39 is 0 Å². The third kappa shape index (κ3) is 4.35. The number of hydrogen-bond donors (Lipinski definition) is 1. The molecule has 1 saturated heterocycles. The van der Waals surface area contributed by atoms with Crippen molar-refractivity contribution < 1.29 is 14.0 Å². The van der Waals surface area contributed by atoms with E-state index in [2.05, 4.69) is 27.6 Å². The van der Waals surface area contributed by atoms with Crippen molar-refractivity contribution in [2.45, 2.75) is 19.8 Å². The topological polar surface area (TPSA) is 65.0 Å². The third-order valence-corrected chi connectivity index (χ3v) is 5.72. The lowest BCUT2D eigenvalue weighted by molar-refractivity contribution is -0.130. The van der Waals surface area contributed by atoms with Crippen LogP contribution in [0, 0.1) is 11.7 Å². The van der Waals surface area contributed by atoms with Gasteiger partial charge in [0.25, 0.3) is 0 Å². The van der Waals surface area contributed by atoms with Crippen LogP contribution in [0.1, 0.15) is 24.5 Å². The van der Waals surface area contributed by atoms with Gasteiger partial charge in [0.2, 0.25) is 11.8 Å². The third-order valence-electron chi connectivity index (χ3n) is 5.72. The molecule has 0 unspecified atom stereocenters. The van der Waals surface area contributed by atoms with Gasteiger partial charge in [0.1, 0.15) is 5.82 Å². The molecule has 1 fully saturated rings. The van der Waals surface area contributed by atoms with Gasteiger partial charge in [-0.1, -0.05) is 37.3 Å². The van der Waals surface area contributed by atoms with Crippen LogP contribution in [0.15, 0.2) is 53.6 Å². The summed E-state index contributed by atoms with van der Waals surface area (Å²) >= 11 is 0. The average Bonchev–Trinajstić information content (AvgIpc) is 2.76. The van der Waals surface area contributed by atoms with Gasteiger partial charge in [-0.25, -0.2) is 9.82 Å². The summed E-state index contributed by atoms with van der Waals surface area (Å²) in [5.41, 5.74) is 5.98. The predicted molar refractivity (Wildman–Crippen MR) is 114 cm³/mol. The number of halogens is 1. The standard InChI is InChI=1S/C23H25FN4O2/c1-16-14-21(29)25-26-23(16)17-6-8-19(9-7-17)27-10-12-28(13-11-27)22(30)15-18-4-2-3-5-20(18)24/h2-9,16H,10-15H2,1H3,(H,25,29)/t16-/m0/s1. The molecule has 6 nitrogen and oxygen atoms in total. The van der Waals surface area contributed by atoms with Gasteiger partial charge in [0.15, 0.2) is 0 Å². The number of carbonyl (C=O) groups excluding carboxylic acids is 2. The van der Waals surface area contributed by atoms with Crippen molar-refractivity contribution in [3.63, 3.8) is 0 Å². The smallest absolute Gasteiger partial charge is 0.240 e. The number of hydrogen-bond acceptors (Lipinski definition) is 4. The number of benzene rings is 2. The minimum Gasteiger partial charge on any atom is -0.368 e. The SMILES string of the molecule is C[C@H]1CC(=O)NN=C1c1ccc(N2CCN(C(=O)Cc3ccccc3F)CC2)cc1. The normalized spacial score (nSPS) is 19.3. The number of piperazine rings is 1. The summed E-state index contributed by atoms with van der Waals surface area (Å²) in [4.78, 5) is 28.0. The highest BCUT2D eigenvalue weighted by Gasteiger charge is 2.24. The molecule has 2 amide bonds. The summed E-state index contributed by atoms with van der Waals surface area (Å²) in [6.45, 7) is 4.70. The van der Waals surface area contributed by atoms with Crippen LogP contribution in [0.3, 0.4) is 0 Å². The van der Waals surface area contributed by atoms with Gasteiger partial charge >= 0.3 is 0 Å². The Bertz CT molecular complexity index is 965. The van der Waals surface area contributed by atoms with E-state index in [4.69, 9.17) is 0 Å². The fraction of sp³-hybridized carbons (Fsp3) is 0.348. The first-order valence-corrected chi connectivity index (χ1v) is 10.2. The van der Waals surface area contributed by atoms with E-state index in [1.807, 2.05) is 19.1 Å². The number of nitrogens with zero attached hydrogens (tertiary/aromatic N) is 3. The van der Waals surface area contributed by atoms with E-state index in [0.29, 0.717) is 25.1 Å². The highest BCUT2D eigenvalue weighted by Crippen LogP contribution is 2.22. The summed E-state index contributed by atoms with van der Waals surface area (Å²) in [7, 11) is 0. The van der Waals surface area contributed by atoms with Gasteiger partial charge in [0, 0.05) is 44.2 Å². The van der Waals surface area contributed by atoms with Gasteiger partial charge < -0.3 is 9.80 Å². The van der Waals surface area contributed by atoms with Crippen molar-refractivity contribution in [3.05, 3.63) is 65.5 Å². The van der Waals surface area contributed by atoms with Crippen LogP contribution in [0.5, 0.6) is 0 Å². The van der Waals surface area contributed by atoms with E-state index in [0.717, 1.165) is 30.1 Å². The molecule has 0 saturated carbocycles. The number of nitrogens with one attached hydrogen (secondary N) is 1. The van der Waals surface area contributed by atoms with Gasteiger partial charge in [0.05, 0.1) is 12.1 Å². The molecule has 0 spiro atoms. The molecule has 2 aliphatic heterocycles. The van der Waals surface area contributed by atoms with E-state index in [1.165, 1.54) is 6.07 Å². The van der Waals surface area contributed by atoms with Crippen LogP contribution >= 0.6 is 0 Å². The zero-order valence-electron chi connectivity index (χ0n) is 17.0. The van der Waals surface area contributed by atoms with Crippen molar-refractivity contribution in [1.82, 2.24) is 10.3 Å². The monoisotopic (exact) mass is 408 g/mol. The Balaban J connectivity index is 1.34. The molecule has 2 aliphatic rings. The first-order chi connectivity index (χ1) is 14.5. The molecule has 2 heterocycles. The van der Waals surface area contributed by atoms with Gasteiger partial charge in [-0.2, -0.15) is 5.10 Å². The van der Waals surface area contributed by atoms with E-state index >= 15 is 0 Å². The quantitative estimate of drug-likeness (QED) is 0.846. The summed E-state index contributed by atoms with van der Waals surface area (Å²) in [5, 5.41) is 4.21. The van der Waals surface area contributed by atoms with Crippen LogP contribution in [-0.2, 0) is 16.0 Å². The van der Waals surface area contributed by atoms with Crippen molar-refractivity contribution in [2.75, 3.05) is 31.1 Å². The van der Waals surface area contributed by atoms with Gasteiger partial charge in [-0.15, -0.1) is 0 Å². The van der Waals surface area contributed by atoms with E-state index in [9.17, 15) is 14.0 Å². The molecule has 1 atom stereocenters. The molecule has 0 aliphatic carbocycles. The Morgan fingerprint density at radius 3 is 2.47 bits per heavy atom. The maximum Gasteiger partial charge on any atom is 0.240 e. The number of hydrazone groups is 1. The lowest BCUT2D eigenvalue weighted by atomic mass is 9.94. The highest BCUT2D eigenvalue weighted by molar-refractivity contribution is 6.05. The Morgan fingerprint density at radius 1 is 1.10 bits per heavy atom. The summed E-state index contributed by atoms with van der Waals surface area (Å²) in [6, 6.07) is 14.6. The molecule has 156 valence electrons. The Morgan fingerprint density at radius 2 is 1.80 bits per heavy atom. The fourth-order valence-corrected chi connectivity index (χ4v) is 3.98. The van der Waals surface area contributed by atoms with Crippen LogP contribution in [-0.4, -0.2) is 48.6 Å². The maximum atomic E-state index is 13.8. The van der Waals surface area contributed by atoms with Crippen LogP contribution in [0.25, 0.3) is 0 Å². The van der Waals surface area contributed by atoms with Crippen molar-refractivity contribution >= 4 is 23.2 Å². The predicted octanol–water partition coefficient (Wildman–Crippen LogP) is 2.58. The minimum atomic E-state index is -0.332. The number of rotatable bonds is 4. The number of anilines is 1. The Hall–Kier alpha value is -3.22. The zero-order valence-corrected chi connectivity index (χ0v) is 17.0. The number of carbonyl (C=O) groups is 2. The Kier molecular flexibility index (Phi) is 5.79. The second-order valence-electron chi connectivity index (χ2n) is 7.82. The average molecular weight is 408 g/mol. The van der Waals surface area contributed by atoms with Crippen molar-refractivity contribution in [1.29, 1.82) is 0 Å². The molecular weight excluding hydrogens is 383 g/mol. The first-order valence-electron chi connectivity index (χ1n) is 10.2. The van der Waals surface area contributed by atoms with Crippen LogP contribution in [0.2, 0.25) is 0 Å². The molecule has 0 bridgehead atoms. The van der Waals surface area contributed by atoms with Crippen molar-refractivity contribution in [2.24, 2.45) is 11.0 Å². The van der Waals surface area contributed by atoms with Crippen LogP contribution in [0.4, 0.5) is 10.1 Å². The van der Waals surface area contributed by atoms with E-state index in [-0.39, 0.29) is 30.0 Å². The fourth-order valence-electron chi connectivity index (χ4n) is 3.98. The second kappa shape index (κ2) is 8.65. The molecule has 0 radical (unpaired) electrons. The molecule has 4 rings (SSSR count). The summed E-state index contributed by atoms with van der Waals surface area (Å²) < 4.78 is 13.8. The first kappa shape index (κ1) is 20.1. The van der Waals surface area contributed by atoms with Gasteiger partial charge in [-0.05, 0) is 29.3 Å². The summed E-state index contributed by atoms with van der Waals surface area (Å²) in [6.07, 6.45) is 0.543. The molecule has 7 heteroatoms. The van der Waals surface area contributed by atoms with Crippen molar-refractivity contribution in [3.8, 4) is 0 Å².